The fourth-order valence-electron chi connectivity index (χ4n) is 0.429. The average molecular weight is 150 g/mol. The van der Waals surface area contributed by atoms with Crippen LogP contribution in [0.25, 0.3) is 0 Å². The van der Waals surface area contributed by atoms with Crippen molar-refractivity contribution in [3.8, 4) is 0 Å². The van der Waals surface area contributed by atoms with Crippen molar-refractivity contribution in [2.24, 2.45) is 0 Å². The maximum Gasteiger partial charge on any atom is 0.106 e. The van der Waals surface area contributed by atoms with Gasteiger partial charge in [0.15, 0.2) is 0 Å². The molecule has 0 fully saturated rings. The van der Waals surface area contributed by atoms with Crippen LogP contribution in [0, 0.1) is 0 Å². The van der Waals surface area contributed by atoms with Crippen LogP contribution in [0.1, 0.15) is 13.3 Å². The van der Waals surface area contributed by atoms with Crippen LogP contribution in [0.3, 0.4) is 0 Å². The predicted octanol–water partition coefficient (Wildman–Crippen LogP) is 1.99. The fraction of sp³-hybridized carbons (Fsp3) is 1.00. The molecule has 3 heteroatoms. The molecule has 9 heavy (non-hydrogen) atoms. The summed E-state index contributed by atoms with van der Waals surface area (Å²) in [7, 11) is -1.92. The number of ether oxygens (including phenoxy) is 1. The minimum Gasteiger partial charge on any atom is -0.374 e. The van der Waals surface area contributed by atoms with E-state index in [2.05, 4.69) is 0 Å². The highest BCUT2D eigenvalue weighted by Crippen LogP contribution is 2.35. The van der Waals surface area contributed by atoms with Gasteiger partial charge in [0, 0.05) is 6.61 Å². The molecule has 0 amide bonds. The molecule has 0 rings (SSSR count). The van der Waals surface area contributed by atoms with Gasteiger partial charge in [0.05, 0.1) is 6.35 Å². The predicted molar refractivity (Wildman–Crippen MR) is 40.6 cm³/mol. The van der Waals surface area contributed by atoms with E-state index < -0.39 is 7.14 Å². The minimum absolute atomic E-state index is 0.431. The quantitative estimate of drug-likeness (QED) is 0.452. The number of hydrogen-bond acceptors (Lipinski definition) is 2. The molecule has 0 aliphatic rings. The van der Waals surface area contributed by atoms with E-state index in [-0.39, 0.29) is 0 Å². The molecule has 0 saturated heterocycles. The van der Waals surface area contributed by atoms with Crippen LogP contribution in [0.5, 0.6) is 0 Å². The molecule has 0 aromatic carbocycles. The Bertz CT molecular complexity index is 106. The lowest BCUT2D eigenvalue weighted by Gasteiger charge is -2.05. The summed E-state index contributed by atoms with van der Waals surface area (Å²) in [6.45, 7) is 6.24. The Morgan fingerprint density at radius 1 is 1.44 bits per heavy atom. The van der Waals surface area contributed by atoms with Gasteiger partial charge in [-0.1, -0.05) is 6.92 Å². The smallest absolute Gasteiger partial charge is 0.106 e. The lowest BCUT2D eigenvalue weighted by molar-refractivity contribution is 0.177. The lowest BCUT2D eigenvalue weighted by atomic mass is 10.5. The summed E-state index contributed by atoms with van der Waals surface area (Å²) in [6, 6.07) is 0. The first-order chi connectivity index (χ1) is 4.06. The largest absolute Gasteiger partial charge is 0.374 e. The average Bonchev–Trinajstić information content (AvgIpc) is 1.63. The third kappa shape index (κ3) is 8.19. The van der Waals surface area contributed by atoms with Crippen molar-refractivity contribution < 1.29 is 9.30 Å². The summed E-state index contributed by atoms with van der Waals surface area (Å²) in [5.74, 6) is 0. The van der Waals surface area contributed by atoms with Gasteiger partial charge in [0.1, 0.15) is 7.14 Å². The van der Waals surface area contributed by atoms with Crippen LogP contribution in [-0.4, -0.2) is 26.3 Å². The standard InChI is InChI=1S/C6H15O2P/c1-4-5-8-6-9(2,3)7/h4-6H2,1-3H3. The van der Waals surface area contributed by atoms with E-state index in [0.29, 0.717) is 6.35 Å². The van der Waals surface area contributed by atoms with Crippen LogP contribution < -0.4 is 0 Å². The summed E-state index contributed by atoms with van der Waals surface area (Å²) in [5.41, 5.74) is 0. The maximum atomic E-state index is 11.0. The van der Waals surface area contributed by atoms with Gasteiger partial charge >= 0.3 is 0 Å². The van der Waals surface area contributed by atoms with Crippen molar-refractivity contribution in [3.63, 3.8) is 0 Å². The summed E-state index contributed by atoms with van der Waals surface area (Å²) in [4.78, 5) is 0. The molecule has 0 saturated carbocycles. The van der Waals surface area contributed by atoms with E-state index in [1.165, 1.54) is 0 Å². The second-order valence-corrected chi connectivity index (χ2v) is 6.02. The third-order valence-corrected chi connectivity index (χ3v) is 1.56. The summed E-state index contributed by atoms with van der Waals surface area (Å²) in [6.07, 6.45) is 1.43. The molecule has 0 aliphatic carbocycles. The molecule has 0 heterocycles. The van der Waals surface area contributed by atoms with Gasteiger partial charge in [-0.3, -0.25) is 0 Å². The zero-order chi connectivity index (χ0) is 7.33. The van der Waals surface area contributed by atoms with Gasteiger partial charge in [-0.05, 0) is 19.8 Å². The number of hydrogen-bond donors (Lipinski definition) is 0. The normalized spacial score (nSPS) is 11.9. The summed E-state index contributed by atoms with van der Waals surface area (Å²) >= 11 is 0. The Kier molecular flexibility index (Phi) is 4.16. The second-order valence-electron chi connectivity index (χ2n) is 2.61. The van der Waals surface area contributed by atoms with Gasteiger partial charge < -0.3 is 9.30 Å². The van der Waals surface area contributed by atoms with E-state index in [9.17, 15) is 4.57 Å². The van der Waals surface area contributed by atoms with Crippen molar-refractivity contribution in [2.45, 2.75) is 13.3 Å². The molecule has 2 nitrogen and oxygen atoms in total. The molecular weight excluding hydrogens is 135 g/mol. The van der Waals surface area contributed by atoms with Crippen LogP contribution in [-0.2, 0) is 9.30 Å². The molecular formula is C6H15O2P. The van der Waals surface area contributed by atoms with Crippen molar-refractivity contribution >= 4 is 7.14 Å². The van der Waals surface area contributed by atoms with Gasteiger partial charge in [-0.25, -0.2) is 0 Å². The van der Waals surface area contributed by atoms with Crippen LogP contribution in [0.15, 0.2) is 0 Å². The summed E-state index contributed by atoms with van der Waals surface area (Å²) < 4.78 is 16.0. The molecule has 0 spiro atoms. The molecule has 0 radical (unpaired) electrons. The summed E-state index contributed by atoms with van der Waals surface area (Å²) in [5, 5.41) is 0. The topological polar surface area (TPSA) is 26.3 Å². The molecule has 0 aromatic rings. The van der Waals surface area contributed by atoms with E-state index >= 15 is 0 Å². The van der Waals surface area contributed by atoms with Gasteiger partial charge in [0.25, 0.3) is 0 Å². The molecule has 0 atom stereocenters. The van der Waals surface area contributed by atoms with Gasteiger partial charge in [-0.15, -0.1) is 0 Å². The SMILES string of the molecule is CCCOCP(C)(C)=O. The van der Waals surface area contributed by atoms with Crippen molar-refractivity contribution in [2.75, 3.05) is 26.3 Å². The second kappa shape index (κ2) is 4.08. The highest BCUT2D eigenvalue weighted by Gasteiger charge is 2.04. The van der Waals surface area contributed by atoms with E-state index in [1.54, 1.807) is 13.3 Å². The van der Waals surface area contributed by atoms with Gasteiger partial charge in [0.2, 0.25) is 0 Å². The van der Waals surface area contributed by atoms with Gasteiger partial charge in [-0.2, -0.15) is 0 Å². The van der Waals surface area contributed by atoms with Crippen LogP contribution in [0.2, 0.25) is 0 Å². The zero-order valence-corrected chi connectivity index (χ0v) is 7.28. The van der Waals surface area contributed by atoms with Crippen LogP contribution in [0.4, 0.5) is 0 Å². The highest BCUT2D eigenvalue weighted by atomic mass is 31.2. The highest BCUT2D eigenvalue weighted by molar-refractivity contribution is 7.62. The van der Waals surface area contributed by atoms with E-state index in [1.807, 2.05) is 6.92 Å². The zero-order valence-electron chi connectivity index (χ0n) is 6.39. The minimum atomic E-state index is -1.92. The first kappa shape index (κ1) is 9.19. The molecule has 56 valence electrons. The van der Waals surface area contributed by atoms with Crippen molar-refractivity contribution in [1.82, 2.24) is 0 Å². The third-order valence-electron chi connectivity index (χ3n) is 0.751. The van der Waals surface area contributed by atoms with E-state index in [4.69, 9.17) is 4.74 Å². The van der Waals surface area contributed by atoms with Crippen LogP contribution >= 0.6 is 7.14 Å². The molecule has 0 aromatic heterocycles. The first-order valence-electron chi connectivity index (χ1n) is 3.18. The fourth-order valence-corrected chi connectivity index (χ4v) is 0.998. The maximum absolute atomic E-state index is 11.0. The molecule has 0 aliphatic heterocycles. The Hall–Kier alpha value is 0.190. The Morgan fingerprint density at radius 3 is 2.33 bits per heavy atom. The monoisotopic (exact) mass is 150 g/mol. The Labute approximate surface area is 57.0 Å². The van der Waals surface area contributed by atoms with Crippen molar-refractivity contribution in [3.05, 3.63) is 0 Å². The molecule has 0 N–H and O–H groups in total. The molecule has 0 unspecified atom stereocenters. The van der Waals surface area contributed by atoms with Crippen molar-refractivity contribution in [1.29, 1.82) is 0 Å². The lowest BCUT2D eigenvalue weighted by Crippen LogP contribution is -1.94. The number of rotatable bonds is 4. The van der Waals surface area contributed by atoms with E-state index in [0.717, 1.165) is 13.0 Å². The Balaban J connectivity index is 3.18. The first-order valence-corrected chi connectivity index (χ1v) is 5.96. The Morgan fingerprint density at radius 2 is 2.00 bits per heavy atom. The molecule has 0 bridgehead atoms.